The average molecular weight is 379 g/mol. The highest BCUT2D eigenvalue weighted by atomic mass is 16.5. The minimum atomic E-state index is 0.0575. The van der Waals surface area contributed by atoms with Crippen molar-refractivity contribution in [1.82, 2.24) is 9.88 Å². The first kappa shape index (κ1) is 19.0. The Balaban J connectivity index is 1.59. The number of benzene rings is 2. The largest absolute Gasteiger partial charge is 0.497 e. The van der Waals surface area contributed by atoms with E-state index in [0.29, 0.717) is 0 Å². The minimum absolute atomic E-state index is 0.0575. The summed E-state index contributed by atoms with van der Waals surface area (Å²) in [6.07, 6.45) is 7.19. The Morgan fingerprint density at radius 3 is 2.46 bits per heavy atom. The van der Waals surface area contributed by atoms with Gasteiger partial charge in [-0.05, 0) is 42.2 Å². The lowest BCUT2D eigenvalue weighted by molar-refractivity contribution is 0.188. The Morgan fingerprint density at radius 2 is 1.75 bits per heavy atom. The first-order chi connectivity index (χ1) is 13.8. The normalized spacial score (nSPS) is 15.9. The van der Waals surface area contributed by atoms with Crippen molar-refractivity contribution in [3.05, 3.63) is 65.9 Å². The van der Waals surface area contributed by atoms with Crippen molar-refractivity contribution in [3.8, 4) is 5.75 Å². The fraction of sp³-hybridized carbons (Fsp3) is 0.417. The molecule has 148 valence electrons. The SMILES string of the molecule is COCCn1cc(CNC2(c3ccc(OC)cc3)CCCC2)c2ccccc21. The molecule has 1 N–H and O–H groups in total. The van der Waals surface area contributed by atoms with Crippen LogP contribution >= 0.6 is 0 Å². The highest BCUT2D eigenvalue weighted by Crippen LogP contribution is 2.39. The molecule has 1 fully saturated rings. The summed E-state index contributed by atoms with van der Waals surface area (Å²) in [4.78, 5) is 0. The van der Waals surface area contributed by atoms with E-state index < -0.39 is 0 Å². The Morgan fingerprint density at radius 1 is 1.00 bits per heavy atom. The molecule has 0 saturated heterocycles. The highest BCUT2D eigenvalue weighted by molar-refractivity contribution is 5.84. The molecule has 0 aliphatic heterocycles. The van der Waals surface area contributed by atoms with Crippen LogP contribution in [0, 0.1) is 0 Å². The first-order valence-corrected chi connectivity index (χ1v) is 10.2. The van der Waals surface area contributed by atoms with Gasteiger partial charge < -0.3 is 19.4 Å². The number of rotatable bonds is 8. The molecule has 1 aliphatic carbocycles. The van der Waals surface area contributed by atoms with E-state index in [1.807, 2.05) is 0 Å². The van der Waals surface area contributed by atoms with Gasteiger partial charge in [0, 0.05) is 42.8 Å². The lowest BCUT2D eigenvalue weighted by Crippen LogP contribution is -2.39. The monoisotopic (exact) mass is 378 g/mol. The third-order valence-electron chi connectivity index (χ3n) is 6.12. The molecular weight excluding hydrogens is 348 g/mol. The lowest BCUT2D eigenvalue weighted by atomic mass is 9.88. The van der Waals surface area contributed by atoms with Gasteiger partial charge in [0.05, 0.1) is 13.7 Å². The van der Waals surface area contributed by atoms with E-state index in [1.165, 1.54) is 47.7 Å². The quantitative estimate of drug-likeness (QED) is 0.608. The van der Waals surface area contributed by atoms with Gasteiger partial charge in [-0.2, -0.15) is 0 Å². The fourth-order valence-electron chi connectivity index (χ4n) is 4.56. The van der Waals surface area contributed by atoms with Crippen LogP contribution in [0.1, 0.15) is 36.8 Å². The third-order valence-corrected chi connectivity index (χ3v) is 6.12. The summed E-state index contributed by atoms with van der Waals surface area (Å²) in [5.74, 6) is 0.915. The summed E-state index contributed by atoms with van der Waals surface area (Å²) < 4.78 is 12.9. The summed E-state index contributed by atoms with van der Waals surface area (Å²) in [7, 11) is 3.48. The number of nitrogens with zero attached hydrogens (tertiary/aromatic N) is 1. The highest BCUT2D eigenvalue weighted by Gasteiger charge is 2.35. The zero-order chi connectivity index (χ0) is 19.4. The zero-order valence-electron chi connectivity index (χ0n) is 16.9. The van der Waals surface area contributed by atoms with Crippen LogP contribution in [-0.4, -0.2) is 25.4 Å². The Hall–Kier alpha value is -2.30. The smallest absolute Gasteiger partial charge is 0.118 e. The number of hydrogen-bond acceptors (Lipinski definition) is 3. The third kappa shape index (κ3) is 3.67. The van der Waals surface area contributed by atoms with Gasteiger partial charge in [0.25, 0.3) is 0 Å². The maximum absolute atomic E-state index is 5.34. The molecule has 0 atom stereocenters. The van der Waals surface area contributed by atoms with Gasteiger partial charge in [-0.1, -0.05) is 43.2 Å². The summed E-state index contributed by atoms with van der Waals surface area (Å²) in [5, 5.41) is 5.27. The summed E-state index contributed by atoms with van der Waals surface area (Å²) in [6.45, 7) is 2.47. The molecule has 28 heavy (non-hydrogen) atoms. The number of nitrogens with one attached hydrogen (secondary N) is 1. The minimum Gasteiger partial charge on any atom is -0.497 e. The maximum Gasteiger partial charge on any atom is 0.118 e. The van der Waals surface area contributed by atoms with E-state index in [4.69, 9.17) is 9.47 Å². The van der Waals surface area contributed by atoms with Crippen molar-refractivity contribution < 1.29 is 9.47 Å². The Bertz CT molecular complexity index is 908. The predicted octanol–water partition coefficient (Wildman–Crippen LogP) is 4.86. The first-order valence-electron chi connectivity index (χ1n) is 10.2. The molecule has 4 nitrogen and oxygen atoms in total. The van der Waals surface area contributed by atoms with Crippen LogP contribution in [0.15, 0.2) is 54.7 Å². The molecule has 0 unspecified atom stereocenters. The molecule has 2 aromatic carbocycles. The number of hydrogen-bond donors (Lipinski definition) is 1. The summed E-state index contributed by atoms with van der Waals surface area (Å²) in [5.41, 5.74) is 4.06. The van der Waals surface area contributed by atoms with Gasteiger partial charge in [-0.25, -0.2) is 0 Å². The van der Waals surface area contributed by atoms with Crippen LogP contribution in [0.3, 0.4) is 0 Å². The van der Waals surface area contributed by atoms with Crippen molar-refractivity contribution >= 4 is 10.9 Å². The molecule has 3 aromatic rings. The maximum atomic E-state index is 5.34. The van der Waals surface area contributed by atoms with Crippen LogP contribution in [-0.2, 0) is 23.4 Å². The second-order valence-electron chi connectivity index (χ2n) is 7.73. The molecule has 1 saturated carbocycles. The molecule has 0 spiro atoms. The second-order valence-corrected chi connectivity index (χ2v) is 7.73. The molecule has 0 bridgehead atoms. The topological polar surface area (TPSA) is 35.4 Å². The average Bonchev–Trinajstić information content (AvgIpc) is 3.37. The van der Waals surface area contributed by atoms with Gasteiger partial charge in [0.2, 0.25) is 0 Å². The summed E-state index contributed by atoms with van der Waals surface area (Å²) in [6, 6.07) is 17.3. The van der Waals surface area contributed by atoms with Crippen molar-refractivity contribution in [2.24, 2.45) is 0 Å². The Kier molecular flexibility index (Phi) is 5.69. The molecule has 0 radical (unpaired) electrons. The van der Waals surface area contributed by atoms with Crippen molar-refractivity contribution in [2.45, 2.75) is 44.3 Å². The van der Waals surface area contributed by atoms with Crippen molar-refractivity contribution in [2.75, 3.05) is 20.8 Å². The van der Waals surface area contributed by atoms with Crippen LogP contribution < -0.4 is 10.1 Å². The van der Waals surface area contributed by atoms with E-state index >= 15 is 0 Å². The van der Waals surface area contributed by atoms with Gasteiger partial charge in [0.15, 0.2) is 0 Å². The Labute approximate surface area is 167 Å². The molecule has 1 aromatic heterocycles. The molecular formula is C24H30N2O2. The number of para-hydroxylation sites is 1. The molecule has 4 rings (SSSR count). The number of ether oxygens (including phenoxy) is 2. The van der Waals surface area contributed by atoms with E-state index in [1.54, 1.807) is 14.2 Å². The lowest BCUT2D eigenvalue weighted by Gasteiger charge is -2.31. The molecule has 1 heterocycles. The number of aromatic nitrogens is 1. The predicted molar refractivity (Wildman–Crippen MR) is 114 cm³/mol. The van der Waals surface area contributed by atoms with E-state index in [-0.39, 0.29) is 5.54 Å². The van der Waals surface area contributed by atoms with Crippen LogP contribution in [0.5, 0.6) is 5.75 Å². The van der Waals surface area contributed by atoms with Crippen LogP contribution in [0.2, 0.25) is 0 Å². The molecule has 1 aliphatic rings. The second kappa shape index (κ2) is 8.38. The van der Waals surface area contributed by atoms with Gasteiger partial charge >= 0.3 is 0 Å². The van der Waals surface area contributed by atoms with Crippen LogP contribution in [0.4, 0.5) is 0 Å². The molecule has 4 heteroatoms. The van der Waals surface area contributed by atoms with Gasteiger partial charge in [0.1, 0.15) is 5.75 Å². The van der Waals surface area contributed by atoms with Crippen LogP contribution in [0.25, 0.3) is 10.9 Å². The fourth-order valence-corrected chi connectivity index (χ4v) is 4.56. The standard InChI is InChI=1S/C24H30N2O2/c1-27-16-15-26-18-19(22-7-3-4-8-23(22)26)17-25-24(13-5-6-14-24)20-9-11-21(28-2)12-10-20/h3-4,7-12,18,25H,5-6,13-17H2,1-2H3. The summed E-state index contributed by atoms with van der Waals surface area (Å²) >= 11 is 0. The van der Waals surface area contributed by atoms with Gasteiger partial charge in [-0.3, -0.25) is 0 Å². The van der Waals surface area contributed by atoms with Crippen molar-refractivity contribution in [1.29, 1.82) is 0 Å². The van der Waals surface area contributed by atoms with E-state index in [9.17, 15) is 0 Å². The number of methoxy groups -OCH3 is 2. The van der Waals surface area contributed by atoms with E-state index in [2.05, 4.69) is 64.6 Å². The molecule has 0 amide bonds. The zero-order valence-corrected chi connectivity index (χ0v) is 16.9. The number of fused-ring (bicyclic) bond motifs is 1. The van der Waals surface area contributed by atoms with E-state index in [0.717, 1.165) is 25.4 Å². The van der Waals surface area contributed by atoms with Gasteiger partial charge in [-0.15, -0.1) is 0 Å². The van der Waals surface area contributed by atoms with Crippen molar-refractivity contribution in [3.63, 3.8) is 0 Å².